The molecule has 5 rings (SSSR count). The number of hydrogen-bond acceptors (Lipinski definition) is 5. The third-order valence-electron chi connectivity index (χ3n) is 4.68. The Bertz CT molecular complexity index is 1070. The zero-order valence-corrected chi connectivity index (χ0v) is 13.0. The molecular formula is C19H13NO5. The largest absolute Gasteiger partial charge is 0.504 e. The molecule has 1 amide bonds. The van der Waals surface area contributed by atoms with Crippen LogP contribution in [-0.2, 0) is 6.54 Å². The van der Waals surface area contributed by atoms with E-state index in [0.29, 0.717) is 29.2 Å². The topological polar surface area (TPSA) is 88.0 Å². The summed E-state index contributed by atoms with van der Waals surface area (Å²) in [5.74, 6) is 0.736. The highest BCUT2D eigenvalue weighted by atomic mass is 16.7. The van der Waals surface area contributed by atoms with Crippen LogP contribution in [0.2, 0.25) is 0 Å². The van der Waals surface area contributed by atoms with Crippen molar-refractivity contribution in [3.63, 3.8) is 0 Å². The number of carbonyl (C=O) groups excluding carboxylic acids is 1. The molecule has 124 valence electrons. The van der Waals surface area contributed by atoms with Gasteiger partial charge in [-0.3, -0.25) is 4.79 Å². The number of benzene rings is 3. The number of fused-ring (bicyclic) bond motifs is 4. The summed E-state index contributed by atoms with van der Waals surface area (Å²) in [4.78, 5) is 12.2. The molecule has 2 aliphatic rings. The molecule has 0 aliphatic carbocycles. The van der Waals surface area contributed by atoms with Gasteiger partial charge in [0.1, 0.15) is 0 Å². The number of hydrogen-bond donors (Lipinski definition) is 3. The molecule has 0 bridgehead atoms. The predicted molar refractivity (Wildman–Crippen MR) is 90.0 cm³/mol. The van der Waals surface area contributed by atoms with Crippen molar-refractivity contribution in [2.75, 3.05) is 6.79 Å². The normalized spacial score (nSPS) is 14.6. The molecule has 0 fully saturated rings. The van der Waals surface area contributed by atoms with Gasteiger partial charge in [0.15, 0.2) is 23.0 Å². The summed E-state index contributed by atoms with van der Waals surface area (Å²) in [7, 11) is 0. The van der Waals surface area contributed by atoms with Crippen LogP contribution in [0, 0.1) is 0 Å². The first kappa shape index (κ1) is 14.0. The first-order valence-electron chi connectivity index (χ1n) is 7.82. The fourth-order valence-corrected chi connectivity index (χ4v) is 3.54. The minimum absolute atomic E-state index is 0.126. The third kappa shape index (κ3) is 1.88. The van der Waals surface area contributed by atoms with Crippen molar-refractivity contribution in [1.29, 1.82) is 0 Å². The van der Waals surface area contributed by atoms with Gasteiger partial charge in [0.2, 0.25) is 6.79 Å². The van der Waals surface area contributed by atoms with E-state index in [1.165, 1.54) is 12.1 Å². The van der Waals surface area contributed by atoms with E-state index in [2.05, 4.69) is 5.32 Å². The number of rotatable bonds is 1. The van der Waals surface area contributed by atoms with E-state index in [0.717, 1.165) is 21.9 Å². The summed E-state index contributed by atoms with van der Waals surface area (Å²) in [6.07, 6.45) is 0. The van der Waals surface area contributed by atoms with Gasteiger partial charge in [-0.25, -0.2) is 0 Å². The van der Waals surface area contributed by atoms with Crippen LogP contribution < -0.4 is 14.8 Å². The number of aromatic hydroxyl groups is 2. The van der Waals surface area contributed by atoms with Crippen LogP contribution in [0.1, 0.15) is 15.9 Å². The van der Waals surface area contributed by atoms with Crippen LogP contribution in [0.5, 0.6) is 23.0 Å². The second kappa shape index (κ2) is 4.80. The lowest BCUT2D eigenvalue weighted by atomic mass is 9.90. The van der Waals surface area contributed by atoms with Crippen molar-refractivity contribution < 1.29 is 24.5 Å². The Hall–Kier alpha value is -3.41. The van der Waals surface area contributed by atoms with E-state index in [-0.39, 0.29) is 24.2 Å². The van der Waals surface area contributed by atoms with Crippen LogP contribution in [0.15, 0.2) is 36.4 Å². The summed E-state index contributed by atoms with van der Waals surface area (Å²) < 4.78 is 11.2. The van der Waals surface area contributed by atoms with Gasteiger partial charge in [-0.15, -0.1) is 0 Å². The molecule has 6 heteroatoms. The van der Waals surface area contributed by atoms with Gasteiger partial charge < -0.3 is 25.0 Å². The molecule has 0 saturated carbocycles. The zero-order chi connectivity index (χ0) is 17.1. The van der Waals surface area contributed by atoms with Gasteiger partial charge in [-0.2, -0.15) is 0 Å². The molecule has 25 heavy (non-hydrogen) atoms. The molecule has 6 nitrogen and oxygen atoms in total. The molecule has 3 aromatic rings. The molecule has 0 aromatic heterocycles. The number of carbonyl (C=O) groups is 1. The Morgan fingerprint density at radius 2 is 1.88 bits per heavy atom. The van der Waals surface area contributed by atoms with Crippen molar-refractivity contribution in [3.05, 3.63) is 47.5 Å². The average Bonchev–Trinajstić information content (AvgIpc) is 3.22. The fourth-order valence-electron chi connectivity index (χ4n) is 3.54. The molecule has 3 N–H and O–H groups in total. The molecular weight excluding hydrogens is 322 g/mol. The lowest BCUT2D eigenvalue weighted by Gasteiger charge is -2.14. The second-order valence-corrected chi connectivity index (χ2v) is 6.06. The second-order valence-electron chi connectivity index (χ2n) is 6.06. The third-order valence-corrected chi connectivity index (χ3v) is 4.68. The van der Waals surface area contributed by atoms with E-state index in [4.69, 9.17) is 9.47 Å². The van der Waals surface area contributed by atoms with Crippen molar-refractivity contribution in [2.45, 2.75) is 6.54 Å². The lowest BCUT2D eigenvalue weighted by molar-refractivity contribution is 0.0966. The van der Waals surface area contributed by atoms with E-state index < -0.39 is 0 Å². The maximum absolute atomic E-state index is 12.2. The summed E-state index contributed by atoms with van der Waals surface area (Å²) in [6, 6.07) is 10.2. The molecule has 2 heterocycles. The van der Waals surface area contributed by atoms with Gasteiger partial charge >= 0.3 is 0 Å². The standard InChI is InChI=1S/C19H13NO5/c21-13-3-1-10(6-14(13)22)16-12-7-20-19(23)11(12)5-9-2-4-15-18(17(9)16)25-8-24-15/h1-6,21-22H,7-8H2,(H,20,23). The van der Waals surface area contributed by atoms with Crippen molar-refractivity contribution in [1.82, 2.24) is 5.32 Å². The Morgan fingerprint density at radius 1 is 1.00 bits per heavy atom. The summed E-state index contributed by atoms with van der Waals surface area (Å²) in [6.45, 7) is 0.536. The minimum Gasteiger partial charge on any atom is -0.504 e. The maximum atomic E-state index is 12.2. The summed E-state index contributed by atoms with van der Waals surface area (Å²) >= 11 is 0. The fraction of sp³-hybridized carbons (Fsp3) is 0.105. The molecule has 0 unspecified atom stereocenters. The van der Waals surface area contributed by atoms with Gasteiger partial charge in [0.25, 0.3) is 5.91 Å². The van der Waals surface area contributed by atoms with Gasteiger partial charge in [0, 0.05) is 17.5 Å². The molecule has 3 aromatic carbocycles. The molecule has 0 atom stereocenters. The first-order valence-corrected chi connectivity index (χ1v) is 7.82. The van der Waals surface area contributed by atoms with E-state index in [9.17, 15) is 15.0 Å². The van der Waals surface area contributed by atoms with Crippen LogP contribution in [-0.4, -0.2) is 22.9 Å². The highest BCUT2D eigenvalue weighted by Crippen LogP contribution is 2.47. The Morgan fingerprint density at radius 3 is 2.72 bits per heavy atom. The molecule has 2 aliphatic heterocycles. The Labute approximate surface area is 142 Å². The number of phenols is 2. The number of amides is 1. The SMILES string of the molecule is O=C1NCc2c1cc1ccc3c(c1c2-c1ccc(O)c(O)c1)OCO3. The quantitative estimate of drug-likeness (QED) is 0.595. The molecule has 0 spiro atoms. The number of ether oxygens (including phenoxy) is 2. The van der Waals surface area contributed by atoms with Gasteiger partial charge in [-0.05, 0) is 46.3 Å². The van der Waals surface area contributed by atoms with E-state index in [1.54, 1.807) is 6.07 Å². The van der Waals surface area contributed by atoms with Crippen LogP contribution in [0.3, 0.4) is 0 Å². The van der Waals surface area contributed by atoms with Crippen LogP contribution in [0.4, 0.5) is 0 Å². The Kier molecular flexibility index (Phi) is 2.68. The van der Waals surface area contributed by atoms with Crippen LogP contribution in [0.25, 0.3) is 21.9 Å². The van der Waals surface area contributed by atoms with E-state index >= 15 is 0 Å². The first-order chi connectivity index (χ1) is 12.1. The van der Waals surface area contributed by atoms with Gasteiger partial charge in [-0.1, -0.05) is 12.1 Å². The van der Waals surface area contributed by atoms with E-state index in [1.807, 2.05) is 18.2 Å². The monoisotopic (exact) mass is 335 g/mol. The highest BCUT2D eigenvalue weighted by molar-refractivity contribution is 6.11. The van der Waals surface area contributed by atoms with Gasteiger partial charge in [0.05, 0.1) is 0 Å². The highest BCUT2D eigenvalue weighted by Gasteiger charge is 2.28. The molecule has 0 saturated heterocycles. The Balaban J connectivity index is 1.94. The smallest absolute Gasteiger partial charge is 0.251 e. The number of phenolic OH excluding ortho intramolecular Hbond substituents is 2. The average molecular weight is 335 g/mol. The lowest BCUT2D eigenvalue weighted by Crippen LogP contribution is -2.12. The van der Waals surface area contributed by atoms with Crippen LogP contribution >= 0.6 is 0 Å². The summed E-state index contributed by atoms with van der Waals surface area (Å²) in [5.41, 5.74) is 2.93. The predicted octanol–water partition coefficient (Wildman–Crippen LogP) is 2.89. The zero-order valence-electron chi connectivity index (χ0n) is 13.0. The van der Waals surface area contributed by atoms with Crippen molar-refractivity contribution in [2.24, 2.45) is 0 Å². The van der Waals surface area contributed by atoms with Crippen molar-refractivity contribution >= 4 is 16.7 Å². The minimum atomic E-state index is -0.217. The summed E-state index contributed by atoms with van der Waals surface area (Å²) in [5, 5.41) is 24.1. The number of nitrogens with one attached hydrogen (secondary N) is 1. The van der Waals surface area contributed by atoms with Crippen molar-refractivity contribution in [3.8, 4) is 34.1 Å². The maximum Gasteiger partial charge on any atom is 0.251 e. The molecule has 0 radical (unpaired) electrons.